The maximum absolute atomic E-state index is 10.9. The molecule has 0 rings (SSSR count). The smallest absolute Gasteiger partial charge is 0.146 e. The Bertz CT molecular complexity index is 254. The molecule has 0 fully saturated rings. The third-order valence-corrected chi connectivity index (χ3v) is 2.25. The van der Waals surface area contributed by atoms with Crippen molar-refractivity contribution in [3.63, 3.8) is 0 Å². The zero-order chi connectivity index (χ0) is 11.8. The molecule has 0 unspecified atom stereocenters. The highest BCUT2D eigenvalue weighted by Crippen LogP contribution is 2.12. The predicted molar refractivity (Wildman–Crippen MR) is 65.3 cm³/mol. The van der Waals surface area contributed by atoms with Crippen molar-refractivity contribution in [3.05, 3.63) is 11.1 Å². The van der Waals surface area contributed by atoms with Crippen LogP contribution in [-0.4, -0.2) is 37.7 Å². The van der Waals surface area contributed by atoms with Gasteiger partial charge in [0.2, 0.25) is 0 Å². The van der Waals surface area contributed by atoms with Crippen LogP contribution in [0, 0.1) is 5.92 Å². The van der Waals surface area contributed by atoms with Gasteiger partial charge in [0, 0.05) is 6.54 Å². The summed E-state index contributed by atoms with van der Waals surface area (Å²) in [5, 5.41) is 0. The minimum Gasteiger partial charge on any atom is -0.298 e. The molecule has 15 heavy (non-hydrogen) atoms. The number of allylic oxidation sites excluding steroid dienone is 1. The van der Waals surface area contributed by atoms with E-state index in [2.05, 4.69) is 9.89 Å². The molecule has 0 spiro atoms. The van der Waals surface area contributed by atoms with Gasteiger partial charge in [0.05, 0.1) is 6.67 Å². The van der Waals surface area contributed by atoms with Crippen molar-refractivity contribution in [2.24, 2.45) is 10.9 Å². The largest absolute Gasteiger partial charge is 0.298 e. The summed E-state index contributed by atoms with van der Waals surface area (Å²) < 4.78 is 0. The lowest BCUT2D eigenvalue weighted by molar-refractivity contribution is -0.105. The molecule has 0 aliphatic heterocycles. The molecule has 0 aromatic carbocycles. The van der Waals surface area contributed by atoms with Gasteiger partial charge in [-0.3, -0.25) is 14.7 Å². The number of likely N-dealkylation sites (N-methyl/N-ethyl adjacent to an activating group) is 1. The van der Waals surface area contributed by atoms with Crippen molar-refractivity contribution >= 4 is 12.5 Å². The SMILES string of the molecule is C/C=N\CN(C)C/C(C)=C(\C=O)C(C)C. The van der Waals surface area contributed by atoms with Gasteiger partial charge in [-0.1, -0.05) is 19.4 Å². The summed E-state index contributed by atoms with van der Waals surface area (Å²) in [6.45, 7) is 9.47. The molecule has 0 aromatic heterocycles. The van der Waals surface area contributed by atoms with Gasteiger partial charge in [0.15, 0.2) is 0 Å². The molecule has 0 saturated carbocycles. The average molecular weight is 210 g/mol. The summed E-state index contributed by atoms with van der Waals surface area (Å²) in [5.41, 5.74) is 2.04. The minimum absolute atomic E-state index is 0.297. The number of aldehydes is 1. The highest BCUT2D eigenvalue weighted by atomic mass is 16.1. The lowest BCUT2D eigenvalue weighted by atomic mass is 9.99. The third kappa shape index (κ3) is 5.47. The third-order valence-electron chi connectivity index (χ3n) is 2.25. The van der Waals surface area contributed by atoms with E-state index < -0.39 is 0 Å². The van der Waals surface area contributed by atoms with Crippen molar-refractivity contribution < 1.29 is 4.79 Å². The van der Waals surface area contributed by atoms with Crippen molar-refractivity contribution in [1.29, 1.82) is 0 Å². The first-order valence-electron chi connectivity index (χ1n) is 5.30. The van der Waals surface area contributed by atoms with Crippen molar-refractivity contribution in [3.8, 4) is 0 Å². The Balaban J connectivity index is 4.42. The van der Waals surface area contributed by atoms with E-state index in [1.807, 2.05) is 34.7 Å². The van der Waals surface area contributed by atoms with Crippen LogP contribution < -0.4 is 0 Å². The first-order chi connectivity index (χ1) is 7.02. The van der Waals surface area contributed by atoms with Gasteiger partial charge in [0.25, 0.3) is 0 Å². The second kappa shape index (κ2) is 7.35. The van der Waals surface area contributed by atoms with Crippen molar-refractivity contribution in [2.45, 2.75) is 27.7 Å². The van der Waals surface area contributed by atoms with E-state index in [0.717, 1.165) is 24.0 Å². The van der Waals surface area contributed by atoms with Gasteiger partial charge in [-0.2, -0.15) is 0 Å². The molecule has 0 aliphatic rings. The molecule has 0 saturated heterocycles. The molecule has 0 atom stereocenters. The second-order valence-electron chi connectivity index (χ2n) is 4.10. The van der Waals surface area contributed by atoms with Gasteiger partial charge < -0.3 is 0 Å². The topological polar surface area (TPSA) is 32.7 Å². The van der Waals surface area contributed by atoms with Crippen LogP contribution in [0.1, 0.15) is 27.7 Å². The summed E-state index contributed by atoms with van der Waals surface area (Å²) in [4.78, 5) is 17.1. The molecule has 0 N–H and O–H groups in total. The van der Waals surface area contributed by atoms with Gasteiger partial charge >= 0.3 is 0 Å². The van der Waals surface area contributed by atoms with Crippen LogP contribution in [0.4, 0.5) is 0 Å². The first kappa shape index (κ1) is 14.0. The Kier molecular flexibility index (Phi) is 6.88. The quantitative estimate of drug-likeness (QED) is 0.382. The molecule has 0 amide bonds. The molecule has 0 bridgehead atoms. The van der Waals surface area contributed by atoms with E-state index >= 15 is 0 Å². The zero-order valence-electron chi connectivity index (χ0n) is 10.4. The van der Waals surface area contributed by atoms with E-state index in [4.69, 9.17) is 0 Å². The Hall–Kier alpha value is -0.960. The van der Waals surface area contributed by atoms with Gasteiger partial charge in [-0.15, -0.1) is 0 Å². The standard InChI is InChI=1S/C12H22N2O/c1-6-13-9-14(5)7-11(4)12(8-15)10(2)3/h6,8,10H,7,9H2,1-5H3/b12-11+,13-6-. The Morgan fingerprint density at radius 3 is 2.47 bits per heavy atom. The minimum atomic E-state index is 0.297. The van der Waals surface area contributed by atoms with E-state index in [-0.39, 0.29) is 0 Å². The van der Waals surface area contributed by atoms with E-state index in [0.29, 0.717) is 12.6 Å². The van der Waals surface area contributed by atoms with Crippen LogP contribution in [0.5, 0.6) is 0 Å². The summed E-state index contributed by atoms with van der Waals surface area (Å²) >= 11 is 0. The van der Waals surface area contributed by atoms with Crippen LogP contribution in [-0.2, 0) is 4.79 Å². The highest BCUT2D eigenvalue weighted by molar-refractivity contribution is 5.75. The van der Waals surface area contributed by atoms with Crippen LogP contribution in [0.25, 0.3) is 0 Å². The van der Waals surface area contributed by atoms with E-state index in [1.54, 1.807) is 6.21 Å². The highest BCUT2D eigenvalue weighted by Gasteiger charge is 2.07. The molecule has 86 valence electrons. The Morgan fingerprint density at radius 2 is 2.07 bits per heavy atom. The number of carbonyl (C=O) groups excluding carboxylic acids is 1. The number of rotatable bonds is 6. The number of nitrogens with zero attached hydrogens (tertiary/aromatic N) is 2. The number of aliphatic imine (C=N–C) groups is 1. The number of carbonyl (C=O) groups is 1. The fourth-order valence-electron chi connectivity index (χ4n) is 1.50. The van der Waals surface area contributed by atoms with Crippen LogP contribution in [0.3, 0.4) is 0 Å². The summed E-state index contributed by atoms with van der Waals surface area (Å²) in [6.07, 6.45) is 2.76. The molecule has 0 heterocycles. The normalized spacial score (nSPS) is 13.8. The fourth-order valence-corrected chi connectivity index (χ4v) is 1.50. The number of hydrogen-bond acceptors (Lipinski definition) is 3. The van der Waals surface area contributed by atoms with Crippen LogP contribution in [0.15, 0.2) is 16.1 Å². The van der Waals surface area contributed by atoms with Crippen molar-refractivity contribution in [1.82, 2.24) is 4.90 Å². The molecule has 3 nitrogen and oxygen atoms in total. The second-order valence-corrected chi connectivity index (χ2v) is 4.10. The zero-order valence-corrected chi connectivity index (χ0v) is 10.4. The molecule has 0 aliphatic carbocycles. The summed E-state index contributed by atoms with van der Waals surface area (Å²) in [6, 6.07) is 0. The Labute approximate surface area is 92.9 Å². The van der Waals surface area contributed by atoms with Crippen molar-refractivity contribution in [2.75, 3.05) is 20.3 Å². The molecule has 3 heteroatoms. The Morgan fingerprint density at radius 1 is 1.47 bits per heavy atom. The first-order valence-corrected chi connectivity index (χ1v) is 5.30. The molecular weight excluding hydrogens is 188 g/mol. The molecule has 0 radical (unpaired) electrons. The van der Waals surface area contributed by atoms with E-state index in [9.17, 15) is 4.79 Å². The lowest BCUT2D eigenvalue weighted by Crippen LogP contribution is -2.22. The maximum atomic E-state index is 10.9. The lowest BCUT2D eigenvalue weighted by Gasteiger charge is -2.17. The van der Waals surface area contributed by atoms with Gasteiger partial charge in [-0.25, -0.2) is 0 Å². The number of hydrogen-bond donors (Lipinski definition) is 0. The van der Waals surface area contributed by atoms with E-state index in [1.165, 1.54) is 0 Å². The van der Waals surface area contributed by atoms with Crippen LogP contribution in [0.2, 0.25) is 0 Å². The average Bonchev–Trinajstić information content (AvgIpc) is 2.15. The monoisotopic (exact) mass is 210 g/mol. The summed E-state index contributed by atoms with van der Waals surface area (Å²) in [7, 11) is 2.00. The fraction of sp³-hybridized carbons (Fsp3) is 0.667. The molecular formula is C12H22N2O. The predicted octanol–water partition coefficient (Wildman–Crippen LogP) is 2.14. The summed E-state index contributed by atoms with van der Waals surface area (Å²) in [5.74, 6) is 0.297. The van der Waals surface area contributed by atoms with Gasteiger partial charge in [0.1, 0.15) is 6.29 Å². The van der Waals surface area contributed by atoms with Crippen LogP contribution >= 0.6 is 0 Å². The maximum Gasteiger partial charge on any atom is 0.146 e. The van der Waals surface area contributed by atoms with Gasteiger partial charge in [-0.05, 0) is 38.6 Å². The molecule has 0 aromatic rings.